The summed E-state index contributed by atoms with van der Waals surface area (Å²) in [4.78, 5) is 4.54. The normalized spacial score (nSPS) is 9.96. The van der Waals surface area contributed by atoms with E-state index in [0.29, 0.717) is 34.2 Å². The molecule has 1 heterocycles. The molecule has 0 spiro atoms. The predicted molar refractivity (Wildman–Crippen MR) is 89.7 cm³/mol. The highest BCUT2D eigenvalue weighted by Crippen LogP contribution is 2.40. The Bertz CT molecular complexity index is 759. The van der Waals surface area contributed by atoms with Crippen molar-refractivity contribution in [3.8, 4) is 35.0 Å². The van der Waals surface area contributed by atoms with Crippen LogP contribution in [0.4, 0.5) is 0 Å². The van der Waals surface area contributed by atoms with Crippen LogP contribution in [-0.4, -0.2) is 33.4 Å². The highest BCUT2D eigenvalue weighted by atomic mass is 16.5. The number of hydrogen-bond acceptors (Lipinski definition) is 5. The van der Waals surface area contributed by atoms with Crippen LogP contribution in [-0.2, 0) is 0 Å². The molecule has 0 radical (unpaired) electrons. The molecule has 122 valence electrons. The van der Waals surface area contributed by atoms with Gasteiger partial charge in [-0.25, -0.2) is 4.98 Å². The monoisotopic (exact) mass is 315 g/mol. The maximum atomic E-state index is 5.60. The van der Waals surface area contributed by atoms with Gasteiger partial charge in [-0.2, -0.15) is 0 Å². The van der Waals surface area contributed by atoms with E-state index in [1.807, 2.05) is 6.07 Å². The number of ether oxygens (including phenoxy) is 4. The summed E-state index contributed by atoms with van der Waals surface area (Å²) in [5.41, 5.74) is 1.27. The van der Waals surface area contributed by atoms with Gasteiger partial charge in [0, 0.05) is 12.5 Å². The first-order valence-electron chi connectivity index (χ1n) is 7.36. The Morgan fingerprint density at radius 2 is 1.78 bits per heavy atom. The van der Waals surface area contributed by atoms with Crippen molar-refractivity contribution >= 4 is 10.9 Å². The molecule has 5 nitrogen and oxygen atoms in total. The predicted octanol–water partition coefficient (Wildman–Crippen LogP) is 3.42. The number of nitrogens with zero attached hydrogens (tertiary/aromatic N) is 1. The third-order valence-electron chi connectivity index (χ3n) is 3.39. The van der Waals surface area contributed by atoms with Crippen molar-refractivity contribution in [3.63, 3.8) is 0 Å². The van der Waals surface area contributed by atoms with Crippen LogP contribution < -0.4 is 18.9 Å². The van der Waals surface area contributed by atoms with Crippen LogP contribution >= 0.6 is 0 Å². The summed E-state index contributed by atoms with van der Waals surface area (Å²) in [7, 11) is 6.36. The highest BCUT2D eigenvalue weighted by Gasteiger charge is 2.19. The number of methoxy groups -OCH3 is 4. The topological polar surface area (TPSA) is 49.8 Å². The Labute approximate surface area is 136 Å². The molecule has 0 saturated heterocycles. The van der Waals surface area contributed by atoms with Gasteiger partial charge in [-0.3, -0.25) is 0 Å². The van der Waals surface area contributed by atoms with E-state index in [-0.39, 0.29) is 0 Å². The molecule has 0 aliphatic rings. The Morgan fingerprint density at radius 1 is 1.00 bits per heavy atom. The van der Waals surface area contributed by atoms with Gasteiger partial charge in [-0.05, 0) is 12.5 Å². The van der Waals surface area contributed by atoms with Crippen LogP contribution in [0, 0.1) is 11.8 Å². The summed E-state index contributed by atoms with van der Waals surface area (Å²) >= 11 is 0. The van der Waals surface area contributed by atoms with Crippen LogP contribution in [0.1, 0.15) is 25.3 Å². The summed E-state index contributed by atoms with van der Waals surface area (Å²) in [6.07, 6.45) is 1.78. The first kappa shape index (κ1) is 16.8. The number of pyridine rings is 1. The van der Waals surface area contributed by atoms with E-state index in [0.717, 1.165) is 18.2 Å². The maximum absolute atomic E-state index is 5.60. The molecule has 0 fully saturated rings. The van der Waals surface area contributed by atoms with Crippen LogP contribution in [0.15, 0.2) is 12.1 Å². The zero-order valence-corrected chi connectivity index (χ0v) is 14.1. The summed E-state index contributed by atoms with van der Waals surface area (Å²) in [6.45, 7) is 2.08. The molecule has 0 N–H and O–H groups in total. The van der Waals surface area contributed by atoms with Crippen molar-refractivity contribution in [1.82, 2.24) is 4.98 Å². The number of rotatable bonds is 5. The summed E-state index contributed by atoms with van der Waals surface area (Å²) in [6, 6.07) is 3.63. The third kappa shape index (κ3) is 3.26. The SMILES string of the molecule is CCCC#Cc1c(OC)nc2c(OC)cc(OC)cc2c1OC. The van der Waals surface area contributed by atoms with E-state index < -0.39 is 0 Å². The first-order valence-corrected chi connectivity index (χ1v) is 7.36. The second-order valence-electron chi connectivity index (χ2n) is 4.81. The standard InChI is InChI=1S/C18H21NO4/c1-6-7-8-9-13-17(22-4)14-10-12(20-2)11-15(21-3)16(14)19-18(13)23-5/h10-11H,6-7H2,1-5H3. The van der Waals surface area contributed by atoms with Crippen LogP contribution in [0.5, 0.6) is 23.1 Å². The minimum atomic E-state index is 0.418. The van der Waals surface area contributed by atoms with Crippen molar-refractivity contribution in [2.24, 2.45) is 0 Å². The zero-order valence-electron chi connectivity index (χ0n) is 14.1. The molecule has 2 aromatic rings. The van der Waals surface area contributed by atoms with Gasteiger partial charge in [0.1, 0.15) is 28.3 Å². The van der Waals surface area contributed by atoms with Gasteiger partial charge in [0.25, 0.3) is 0 Å². The molecular weight excluding hydrogens is 294 g/mol. The molecule has 0 aliphatic carbocycles. The largest absolute Gasteiger partial charge is 0.497 e. The van der Waals surface area contributed by atoms with E-state index in [2.05, 4.69) is 23.7 Å². The number of aromatic nitrogens is 1. The lowest BCUT2D eigenvalue weighted by Crippen LogP contribution is -2.00. The van der Waals surface area contributed by atoms with Gasteiger partial charge in [-0.1, -0.05) is 18.8 Å². The molecule has 0 aliphatic heterocycles. The Hall–Kier alpha value is -2.61. The molecule has 1 aromatic heterocycles. The lowest BCUT2D eigenvalue weighted by Gasteiger charge is -2.14. The van der Waals surface area contributed by atoms with Crippen molar-refractivity contribution in [1.29, 1.82) is 0 Å². The number of hydrogen-bond donors (Lipinski definition) is 0. The van der Waals surface area contributed by atoms with Crippen LogP contribution in [0.3, 0.4) is 0 Å². The van der Waals surface area contributed by atoms with Crippen molar-refractivity contribution in [2.45, 2.75) is 19.8 Å². The lowest BCUT2D eigenvalue weighted by atomic mass is 10.1. The average molecular weight is 315 g/mol. The molecule has 23 heavy (non-hydrogen) atoms. The molecule has 0 amide bonds. The Morgan fingerprint density at radius 3 is 2.35 bits per heavy atom. The summed E-state index contributed by atoms with van der Waals surface area (Å²) in [5, 5.41) is 0.769. The van der Waals surface area contributed by atoms with E-state index >= 15 is 0 Å². The van der Waals surface area contributed by atoms with Gasteiger partial charge in [0.2, 0.25) is 5.88 Å². The zero-order chi connectivity index (χ0) is 16.8. The fourth-order valence-electron chi connectivity index (χ4n) is 2.28. The maximum Gasteiger partial charge on any atom is 0.233 e. The van der Waals surface area contributed by atoms with E-state index in [1.165, 1.54) is 0 Å². The Balaban J connectivity index is 2.83. The van der Waals surface area contributed by atoms with Crippen LogP contribution in [0.2, 0.25) is 0 Å². The van der Waals surface area contributed by atoms with Gasteiger partial charge >= 0.3 is 0 Å². The molecule has 0 bridgehead atoms. The number of fused-ring (bicyclic) bond motifs is 1. The molecule has 0 unspecified atom stereocenters. The van der Waals surface area contributed by atoms with Gasteiger partial charge < -0.3 is 18.9 Å². The average Bonchev–Trinajstić information content (AvgIpc) is 2.59. The highest BCUT2D eigenvalue weighted by molar-refractivity contribution is 5.94. The quantitative estimate of drug-likeness (QED) is 0.791. The third-order valence-corrected chi connectivity index (χ3v) is 3.39. The Kier molecular flexibility index (Phi) is 5.53. The number of unbranched alkanes of at least 4 members (excludes halogenated alkanes) is 1. The van der Waals surface area contributed by atoms with E-state index in [1.54, 1.807) is 34.5 Å². The van der Waals surface area contributed by atoms with E-state index in [4.69, 9.17) is 18.9 Å². The molecular formula is C18H21NO4. The fraction of sp³-hybridized carbons (Fsp3) is 0.389. The molecule has 2 rings (SSSR count). The summed E-state index contributed by atoms with van der Waals surface area (Å²) in [5.74, 6) is 8.49. The molecule has 5 heteroatoms. The van der Waals surface area contributed by atoms with Gasteiger partial charge in [-0.15, -0.1) is 0 Å². The fourth-order valence-corrected chi connectivity index (χ4v) is 2.28. The van der Waals surface area contributed by atoms with Crippen molar-refractivity contribution in [3.05, 3.63) is 17.7 Å². The summed E-state index contributed by atoms with van der Waals surface area (Å²) < 4.78 is 21.7. The molecule has 0 saturated carbocycles. The molecule has 1 aromatic carbocycles. The van der Waals surface area contributed by atoms with Crippen molar-refractivity contribution < 1.29 is 18.9 Å². The lowest BCUT2D eigenvalue weighted by molar-refractivity contribution is 0.379. The van der Waals surface area contributed by atoms with Gasteiger partial charge in [0.05, 0.1) is 33.8 Å². The minimum Gasteiger partial charge on any atom is -0.497 e. The number of benzene rings is 1. The van der Waals surface area contributed by atoms with E-state index in [9.17, 15) is 0 Å². The second-order valence-corrected chi connectivity index (χ2v) is 4.81. The second kappa shape index (κ2) is 7.59. The smallest absolute Gasteiger partial charge is 0.233 e. The minimum absolute atomic E-state index is 0.418. The van der Waals surface area contributed by atoms with Gasteiger partial charge in [0.15, 0.2) is 0 Å². The first-order chi connectivity index (χ1) is 11.2. The molecule has 0 atom stereocenters. The van der Waals surface area contributed by atoms with Crippen LogP contribution in [0.25, 0.3) is 10.9 Å². The van der Waals surface area contributed by atoms with Crippen molar-refractivity contribution in [2.75, 3.05) is 28.4 Å².